The van der Waals surface area contributed by atoms with Gasteiger partial charge in [-0.25, -0.2) is 4.79 Å². The molecular formula is C11H10Cl2N2O4. The minimum Gasteiger partial charge on any atom is -0.453 e. The van der Waals surface area contributed by atoms with Crippen LogP contribution in [0.25, 0.3) is 0 Å². The Balaban J connectivity index is 2.44. The van der Waals surface area contributed by atoms with Gasteiger partial charge in [0.25, 0.3) is 5.91 Å². The maximum Gasteiger partial charge on any atom is 0.411 e. The lowest BCUT2D eigenvalue weighted by Crippen LogP contribution is -2.34. The van der Waals surface area contributed by atoms with Crippen LogP contribution in [0.2, 0.25) is 10.0 Å². The fraction of sp³-hybridized carbons (Fsp3) is 0.273. The van der Waals surface area contributed by atoms with Gasteiger partial charge < -0.3 is 4.74 Å². The number of rotatable bonds is 1. The summed E-state index contributed by atoms with van der Waals surface area (Å²) in [6, 6.07) is 4.55. The molecule has 102 valence electrons. The zero-order valence-electron chi connectivity index (χ0n) is 9.84. The molecule has 1 fully saturated rings. The minimum absolute atomic E-state index is 0.236. The van der Waals surface area contributed by atoms with Crippen LogP contribution in [-0.4, -0.2) is 40.8 Å². The molecule has 1 heterocycles. The zero-order valence-corrected chi connectivity index (χ0v) is 11.4. The molecule has 1 aromatic rings. The summed E-state index contributed by atoms with van der Waals surface area (Å²) in [5, 5.41) is 10.9. The molecule has 1 aliphatic heterocycles. The van der Waals surface area contributed by atoms with Crippen molar-refractivity contribution in [1.29, 1.82) is 0 Å². The van der Waals surface area contributed by atoms with Crippen molar-refractivity contribution < 1.29 is 19.5 Å². The number of methoxy groups -OCH3 is 1. The number of halogens is 2. The quantitative estimate of drug-likeness (QED) is 0.808. The summed E-state index contributed by atoms with van der Waals surface area (Å²) < 4.78 is 4.57. The third-order valence-corrected chi connectivity index (χ3v) is 3.30. The number of carbonyl (C=O) groups excluding carboxylic acids is 2. The Hall–Kier alpha value is -1.50. The molecule has 0 aromatic heterocycles. The maximum atomic E-state index is 11.6. The SMILES string of the molecule is COC(=O)N1CC(=O)N(O)C1c1ccc(Cl)cc1Cl. The summed E-state index contributed by atoms with van der Waals surface area (Å²) in [6.45, 7) is -0.285. The molecule has 1 saturated heterocycles. The molecule has 19 heavy (non-hydrogen) atoms. The first-order valence-corrected chi connectivity index (χ1v) is 6.01. The third kappa shape index (κ3) is 2.47. The van der Waals surface area contributed by atoms with Crippen LogP contribution < -0.4 is 0 Å². The lowest BCUT2D eigenvalue weighted by Gasteiger charge is -2.26. The highest BCUT2D eigenvalue weighted by atomic mass is 35.5. The fourth-order valence-electron chi connectivity index (χ4n) is 1.87. The molecule has 0 saturated carbocycles. The van der Waals surface area contributed by atoms with Crippen LogP contribution in [0.15, 0.2) is 18.2 Å². The van der Waals surface area contributed by atoms with Crippen LogP contribution in [0.5, 0.6) is 0 Å². The minimum atomic E-state index is -1.02. The van der Waals surface area contributed by atoms with Gasteiger partial charge in [0.15, 0.2) is 6.17 Å². The number of hydroxylamine groups is 2. The normalized spacial score (nSPS) is 18.9. The van der Waals surface area contributed by atoms with E-state index in [0.29, 0.717) is 15.6 Å². The molecule has 2 rings (SSSR count). The standard InChI is InChI=1S/C11H10Cl2N2O4/c1-19-11(17)14-5-9(16)15(18)10(14)7-3-2-6(12)4-8(7)13/h2-4,10,18H,5H2,1H3. The number of carbonyl (C=O) groups is 2. The highest BCUT2D eigenvalue weighted by Gasteiger charge is 2.42. The predicted octanol–water partition coefficient (Wildman–Crippen LogP) is 2.29. The number of hydrogen-bond donors (Lipinski definition) is 1. The number of nitrogens with zero attached hydrogens (tertiary/aromatic N) is 2. The van der Waals surface area contributed by atoms with E-state index in [1.807, 2.05) is 0 Å². The highest BCUT2D eigenvalue weighted by molar-refractivity contribution is 6.35. The monoisotopic (exact) mass is 304 g/mol. The van der Waals surface area contributed by atoms with Crippen LogP contribution >= 0.6 is 23.2 Å². The molecule has 1 aliphatic rings. The largest absolute Gasteiger partial charge is 0.453 e. The molecule has 6 nitrogen and oxygen atoms in total. The van der Waals surface area contributed by atoms with E-state index in [-0.39, 0.29) is 11.6 Å². The van der Waals surface area contributed by atoms with Gasteiger partial charge in [-0.05, 0) is 12.1 Å². The maximum absolute atomic E-state index is 11.6. The Bertz CT molecular complexity index is 537. The van der Waals surface area contributed by atoms with E-state index in [9.17, 15) is 14.8 Å². The summed E-state index contributed by atoms with van der Waals surface area (Å²) in [5.41, 5.74) is 0.379. The van der Waals surface area contributed by atoms with Crippen molar-refractivity contribution in [3.8, 4) is 0 Å². The molecule has 0 spiro atoms. The van der Waals surface area contributed by atoms with Crippen molar-refractivity contribution in [3.05, 3.63) is 33.8 Å². The van der Waals surface area contributed by atoms with Crippen LogP contribution in [0, 0.1) is 0 Å². The first-order valence-electron chi connectivity index (χ1n) is 5.26. The topological polar surface area (TPSA) is 70.1 Å². The van der Waals surface area contributed by atoms with Crippen molar-refractivity contribution in [2.75, 3.05) is 13.7 Å². The molecular weight excluding hydrogens is 295 g/mol. The molecule has 0 bridgehead atoms. The van der Waals surface area contributed by atoms with Crippen molar-refractivity contribution >= 4 is 35.2 Å². The lowest BCUT2D eigenvalue weighted by molar-refractivity contribution is -0.169. The zero-order chi connectivity index (χ0) is 14.2. The van der Waals surface area contributed by atoms with Gasteiger partial charge in [0, 0.05) is 15.6 Å². The molecule has 8 heteroatoms. The molecule has 1 unspecified atom stereocenters. The Morgan fingerprint density at radius 2 is 2.16 bits per heavy atom. The van der Waals surface area contributed by atoms with Gasteiger partial charge in [0.05, 0.1) is 7.11 Å². The number of benzene rings is 1. The number of hydrogen-bond acceptors (Lipinski definition) is 4. The second-order valence-electron chi connectivity index (χ2n) is 3.88. The van der Waals surface area contributed by atoms with Gasteiger partial charge in [0.2, 0.25) is 0 Å². The second-order valence-corrected chi connectivity index (χ2v) is 4.72. The number of ether oxygens (including phenoxy) is 1. The molecule has 0 aliphatic carbocycles. The smallest absolute Gasteiger partial charge is 0.411 e. The van der Waals surface area contributed by atoms with Crippen molar-refractivity contribution in [2.45, 2.75) is 6.17 Å². The van der Waals surface area contributed by atoms with Crippen molar-refractivity contribution in [3.63, 3.8) is 0 Å². The Morgan fingerprint density at radius 3 is 2.74 bits per heavy atom. The van der Waals surface area contributed by atoms with E-state index in [1.165, 1.54) is 19.2 Å². The van der Waals surface area contributed by atoms with Crippen molar-refractivity contribution in [1.82, 2.24) is 9.96 Å². The molecule has 0 radical (unpaired) electrons. The van der Waals surface area contributed by atoms with Gasteiger partial charge in [0.1, 0.15) is 6.54 Å². The van der Waals surface area contributed by atoms with Gasteiger partial charge in [-0.2, -0.15) is 5.06 Å². The van der Waals surface area contributed by atoms with Crippen LogP contribution in [-0.2, 0) is 9.53 Å². The average Bonchev–Trinajstić information content (AvgIpc) is 2.66. The molecule has 2 amide bonds. The van der Waals surface area contributed by atoms with Crippen LogP contribution in [0.4, 0.5) is 4.79 Å². The summed E-state index contributed by atoms with van der Waals surface area (Å²) in [5.74, 6) is -0.624. The summed E-state index contributed by atoms with van der Waals surface area (Å²) in [4.78, 5) is 24.2. The second kappa shape index (κ2) is 5.24. The van der Waals surface area contributed by atoms with E-state index in [0.717, 1.165) is 4.90 Å². The fourth-order valence-corrected chi connectivity index (χ4v) is 2.37. The van der Waals surface area contributed by atoms with E-state index < -0.39 is 18.2 Å². The number of amides is 2. The van der Waals surface area contributed by atoms with Gasteiger partial charge >= 0.3 is 6.09 Å². The Kier molecular flexibility index (Phi) is 3.84. The predicted molar refractivity (Wildman–Crippen MR) is 66.9 cm³/mol. The van der Waals surface area contributed by atoms with E-state index >= 15 is 0 Å². The Morgan fingerprint density at radius 1 is 1.47 bits per heavy atom. The van der Waals surface area contributed by atoms with Crippen LogP contribution in [0.1, 0.15) is 11.7 Å². The lowest BCUT2D eigenvalue weighted by atomic mass is 10.1. The van der Waals surface area contributed by atoms with Crippen LogP contribution in [0.3, 0.4) is 0 Å². The van der Waals surface area contributed by atoms with Crippen molar-refractivity contribution in [2.24, 2.45) is 0 Å². The Labute approximate surface area is 119 Å². The first-order chi connectivity index (χ1) is 8.95. The summed E-state index contributed by atoms with van der Waals surface area (Å²) in [6.07, 6.45) is -1.76. The summed E-state index contributed by atoms with van der Waals surface area (Å²) >= 11 is 11.8. The van der Waals surface area contributed by atoms with E-state index in [1.54, 1.807) is 6.07 Å². The average molecular weight is 305 g/mol. The third-order valence-electron chi connectivity index (χ3n) is 2.74. The van der Waals surface area contributed by atoms with Gasteiger partial charge in [-0.3, -0.25) is 14.9 Å². The van der Waals surface area contributed by atoms with E-state index in [4.69, 9.17) is 23.2 Å². The molecule has 1 N–H and O–H groups in total. The van der Waals surface area contributed by atoms with E-state index in [2.05, 4.69) is 4.74 Å². The first kappa shape index (κ1) is 13.9. The molecule has 1 aromatic carbocycles. The highest BCUT2D eigenvalue weighted by Crippen LogP contribution is 2.35. The van der Waals surface area contributed by atoms with Gasteiger partial charge in [-0.15, -0.1) is 0 Å². The van der Waals surface area contributed by atoms with Gasteiger partial charge in [-0.1, -0.05) is 29.3 Å². The molecule has 1 atom stereocenters. The summed E-state index contributed by atoms with van der Waals surface area (Å²) in [7, 11) is 1.19.